The topological polar surface area (TPSA) is 24.5 Å². The van der Waals surface area contributed by atoms with E-state index in [1.807, 2.05) is 0 Å². The Labute approximate surface area is 112 Å². The second-order valence-corrected chi connectivity index (χ2v) is 6.40. The van der Waals surface area contributed by atoms with Gasteiger partial charge in [-0.25, -0.2) is 0 Å². The molecular formula is C15H30N2O. The van der Waals surface area contributed by atoms with Crippen LogP contribution in [0.15, 0.2) is 0 Å². The third-order valence-corrected chi connectivity index (χ3v) is 4.93. The average Bonchev–Trinajstić information content (AvgIpc) is 2.90. The van der Waals surface area contributed by atoms with Crippen LogP contribution in [0, 0.1) is 17.8 Å². The molecule has 3 heteroatoms. The highest BCUT2D eigenvalue weighted by atomic mass is 16.5. The second-order valence-electron chi connectivity index (χ2n) is 6.40. The van der Waals surface area contributed by atoms with Gasteiger partial charge >= 0.3 is 0 Å². The number of piperidine rings is 1. The van der Waals surface area contributed by atoms with Gasteiger partial charge in [0.25, 0.3) is 0 Å². The number of ether oxygens (including phenoxy) is 1. The fourth-order valence-electron chi connectivity index (χ4n) is 3.43. The van der Waals surface area contributed by atoms with E-state index in [1.54, 1.807) is 0 Å². The summed E-state index contributed by atoms with van der Waals surface area (Å²) in [6.45, 7) is 10.4. The molecule has 1 N–H and O–H groups in total. The first-order chi connectivity index (χ1) is 8.70. The molecule has 0 amide bonds. The Kier molecular flexibility index (Phi) is 5.46. The summed E-state index contributed by atoms with van der Waals surface area (Å²) in [4.78, 5) is 2.65. The van der Waals surface area contributed by atoms with Gasteiger partial charge in [0.2, 0.25) is 0 Å². The Hall–Kier alpha value is -0.120. The van der Waals surface area contributed by atoms with Crippen molar-refractivity contribution in [3.05, 3.63) is 0 Å². The summed E-state index contributed by atoms with van der Waals surface area (Å²) in [5.41, 5.74) is 0. The van der Waals surface area contributed by atoms with E-state index in [-0.39, 0.29) is 0 Å². The fraction of sp³-hybridized carbons (Fsp3) is 1.00. The van der Waals surface area contributed by atoms with Crippen molar-refractivity contribution in [3.8, 4) is 0 Å². The minimum absolute atomic E-state index is 0.614. The molecule has 2 aliphatic rings. The molecule has 2 heterocycles. The smallest absolute Gasteiger partial charge is 0.0510 e. The van der Waals surface area contributed by atoms with Gasteiger partial charge in [0.05, 0.1) is 6.61 Å². The van der Waals surface area contributed by atoms with Gasteiger partial charge in [-0.2, -0.15) is 0 Å². The van der Waals surface area contributed by atoms with E-state index < -0.39 is 0 Å². The van der Waals surface area contributed by atoms with Gasteiger partial charge in [0, 0.05) is 25.1 Å². The van der Waals surface area contributed by atoms with E-state index in [2.05, 4.69) is 31.1 Å². The second kappa shape index (κ2) is 6.88. The van der Waals surface area contributed by atoms with E-state index in [0.717, 1.165) is 31.0 Å². The Morgan fingerprint density at radius 1 is 1.17 bits per heavy atom. The van der Waals surface area contributed by atoms with Crippen molar-refractivity contribution in [2.75, 3.05) is 39.9 Å². The van der Waals surface area contributed by atoms with Gasteiger partial charge in [-0.05, 0) is 51.2 Å². The predicted molar refractivity (Wildman–Crippen MR) is 75.8 cm³/mol. The normalized spacial score (nSPS) is 29.0. The van der Waals surface area contributed by atoms with Crippen LogP contribution in [-0.2, 0) is 4.74 Å². The molecule has 0 radical (unpaired) electrons. The molecule has 2 aliphatic heterocycles. The van der Waals surface area contributed by atoms with Crippen LogP contribution >= 0.6 is 0 Å². The summed E-state index contributed by atoms with van der Waals surface area (Å²) in [5, 5.41) is 3.50. The average molecular weight is 254 g/mol. The first kappa shape index (κ1) is 14.3. The number of nitrogens with zero attached hydrogens (tertiary/aromatic N) is 1. The van der Waals surface area contributed by atoms with Crippen LogP contribution in [0.2, 0.25) is 0 Å². The third-order valence-electron chi connectivity index (χ3n) is 4.93. The van der Waals surface area contributed by atoms with Crippen molar-refractivity contribution in [3.63, 3.8) is 0 Å². The maximum absolute atomic E-state index is 5.52. The number of likely N-dealkylation sites (tertiary alicyclic amines) is 1. The molecule has 3 nitrogen and oxygen atoms in total. The van der Waals surface area contributed by atoms with Crippen molar-refractivity contribution in [1.29, 1.82) is 0 Å². The van der Waals surface area contributed by atoms with Crippen LogP contribution in [0.4, 0.5) is 0 Å². The molecule has 0 aromatic heterocycles. The Balaban J connectivity index is 1.75. The molecule has 0 aromatic carbocycles. The zero-order valence-corrected chi connectivity index (χ0v) is 12.3. The molecule has 0 saturated carbocycles. The van der Waals surface area contributed by atoms with Gasteiger partial charge in [0.1, 0.15) is 0 Å². The zero-order chi connectivity index (χ0) is 13.0. The van der Waals surface area contributed by atoms with Crippen molar-refractivity contribution in [1.82, 2.24) is 10.2 Å². The van der Waals surface area contributed by atoms with Gasteiger partial charge in [-0.3, -0.25) is 0 Å². The molecule has 0 bridgehead atoms. The minimum atomic E-state index is 0.614. The number of nitrogens with one attached hydrogen (secondary N) is 1. The number of likely N-dealkylation sites (N-methyl/N-ethyl adjacent to an activating group) is 1. The molecule has 2 atom stereocenters. The van der Waals surface area contributed by atoms with Crippen LogP contribution in [0.25, 0.3) is 0 Å². The highest BCUT2D eigenvalue weighted by Crippen LogP contribution is 2.25. The van der Waals surface area contributed by atoms with Crippen molar-refractivity contribution in [2.24, 2.45) is 17.8 Å². The van der Waals surface area contributed by atoms with Crippen LogP contribution in [0.1, 0.15) is 33.1 Å². The van der Waals surface area contributed by atoms with Crippen LogP contribution in [0.3, 0.4) is 0 Å². The first-order valence-corrected chi connectivity index (χ1v) is 7.68. The number of hydrogen-bond acceptors (Lipinski definition) is 3. The summed E-state index contributed by atoms with van der Waals surface area (Å²) < 4.78 is 5.52. The molecular weight excluding hydrogens is 224 g/mol. The summed E-state index contributed by atoms with van der Waals surface area (Å²) in [6.07, 6.45) is 4.00. The maximum atomic E-state index is 5.52. The van der Waals surface area contributed by atoms with Crippen molar-refractivity contribution in [2.45, 2.75) is 39.2 Å². The Morgan fingerprint density at radius 2 is 1.89 bits per heavy atom. The Bertz CT molecular complexity index is 231. The first-order valence-electron chi connectivity index (χ1n) is 7.68. The molecule has 2 rings (SSSR count). The lowest BCUT2D eigenvalue weighted by molar-refractivity contribution is 0.127. The zero-order valence-electron chi connectivity index (χ0n) is 12.3. The lowest BCUT2D eigenvalue weighted by Gasteiger charge is -2.36. The lowest BCUT2D eigenvalue weighted by Crippen LogP contribution is -2.47. The quantitative estimate of drug-likeness (QED) is 0.812. The van der Waals surface area contributed by atoms with Crippen molar-refractivity contribution < 1.29 is 4.74 Å². The fourth-order valence-corrected chi connectivity index (χ4v) is 3.43. The van der Waals surface area contributed by atoms with E-state index in [0.29, 0.717) is 6.04 Å². The van der Waals surface area contributed by atoms with E-state index in [9.17, 15) is 0 Å². The molecule has 2 saturated heterocycles. The number of rotatable bonds is 5. The van der Waals surface area contributed by atoms with Gasteiger partial charge in [-0.15, -0.1) is 0 Å². The largest absolute Gasteiger partial charge is 0.381 e. The molecule has 106 valence electrons. The van der Waals surface area contributed by atoms with Crippen LogP contribution in [-0.4, -0.2) is 50.8 Å². The van der Waals surface area contributed by atoms with E-state index in [4.69, 9.17) is 4.74 Å². The SMILES string of the molecule is CNC(CN1CCC(C(C)C)CC1)C1CCOC1. The molecule has 2 unspecified atom stereocenters. The Morgan fingerprint density at radius 3 is 2.39 bits per heavy atom. The molecule has 0 spiro atoms. The molecule has 2 fully saturated rings. The van der Waals surface area contributed by atoms with Crippen LogP contribution in [0.5, 0.6) is 0 Å². The van der Waals surface area contributed by atoms with Gasteiger partial charge < -0.3 is 15.0 Å². The lowest BCUT2D eigenvalue weighted by atomic mass is 9.86. The summed E-state index contributed by atoms with van der Waals surface area (Å²) >= 11 is 0. The summed E-state index contributed by atoms with van der Waals surface area (Å²) in [5.74, 6) is 2.53. The summed E-state index contributed by atoms with van der Waals surface area (Å²) in [7, 11) is 2.10. The van der Waals surface area contributed by atoms with Gasteiger partial charge in [-0.1, -0.05) is 13.8 Å². The van der Waals surface area contributed by atoms with Crippen LogP contribution < -0.4 is 5.32 Å². The molecule has 18 heavy (non-hydrogen) atoms. The van der Waals surface area contributed by atoms with Gasteiger partial charge in [0.15, 0.2) is 0 Å². The highest BCUT2D eigenvalue weighted by Gasteiger charge is 2.28. The molecule has 0 aliphatic carbocycles. The summed E-state index contributed by atoms with van der Waals surface area (Å²) in [6, 6.07) is 0.614. The van der Waals surface area contributed by atoms with E-state index >= 15 is 0 Å². The van der Waals surface area contributed by atoms with Crippen molar-refractivity contribution >= 4 is 0 Å². The minimum Gasteiger partial charge on any atom is -0.381 e. The van der Waals surface area contributed by atoms with E-state index in [1.165, 1.54) is 38.9 Å². The maximum Gasteiger partial charge on any atom is 0.0510 e. The highest BCUT2D eigenvalue weighted by molar-refractivity contribution is 4.83. The third kappa shape index (κ3) is 3.69. The standard InChI is InChI=1S/C15H30N2O/c1-12(2)13-4-7-17(8-5-13)10-15(16-3)14-6-9-18-11-14/h12-16H,4-11H2,1-3H3. The molecule has 0 aromatic rings. The predicted octanol–water partition coefficient (Wildman–Crippen LogP) is 1.98. The number of hydrogen-bond donors (Lipinski definition) is 1. The monoisotopic (exact) mass is 254 g/mol.